The summed E-state index contributed by atoms with van der Waals surface area (Å²) in [5.41, 5.74) is 5.55. The maximum Gasteiger partial charge on any atom is 0.245 e. The van der Waals surface area contributed by atoms with E-state index in [1.54, 1.807) is 18.3 Å². The molecule has 2 aromatic carbocycles. The van der Waals surface area contributed by atoms with E-state index >= 15 is 0 Å². The van der Waals surface area contributed by atoms with Crippen molar-refractivity contribution in [1.82, 2.24) is 20.2 Å². The Morgan fingerprint density at radius 2 is 1.85 bits per heavy atom. The number of aromatic nitrogens is 2. The van der Waals surface area contributed by atoms with Crippen molar-refractivity contribution in [3.05, 3.63) is 94.6 Å². The van der Waals surface area contributed by atoms with Crippen molar-refractivity contribution in [1.29, 1.82) is 0 Å². The maximum atomic E-state index is 13.9. The Bertz CT molecular complexity index is 1330. The van der Waals surface area contributed by atoms with Crippen LogP contribution in [0.3, 0.4) is 0 Å². The molecule has 40 heavy (non-hydrogen) atoms. The largest absolute Gasteiger partial charge is 0.497 e. The number of hydrogen-bond acceptors (Lipinski definition) is 5. The molecule has 1 saturated heterocycles. The van der Waals surface area contributed by atoms with Crippen LogP contribution in [0, 0.1) is 13.8 Å². The third kappa shape index (κ3) is 6.99. The van der Waals surface area contributed by atoms with Gasteiger partial charge in [-0.05, 0) is 56.5 Å². The number of H-pyrrole nitrogens is 1. The van der Waals surface area contributed by atoms with Crippen LogP contribution in [0.4, 0.5) is 0 Å². The smallest absolute Gasteiger partial charge is 0.245 e. The van der Waals surface area contributed by atoms with Crippen LogP contribution < -0.4 is 10.1 Å². The molecule has 0 unspecified atom stereocenters. The molecule has 0 aliphatic carbocycles. The Morgan fingerprint density at radius 1 is 1.12 bits per heavy atom. The number of rotatable bonds is 12. The van der Waals surface area contributed by atoms with E-state index in [1.165, 1.54) is 5.57 Å². The lowest BCUT2D eigenvalue weighted by molar-refractivity contribution is -0.171. The van der Waals surface area contributed by atoms with Crippen molar-refractivity contribution in [3.8, 4) is 5.75 Å². The summed E-state index contributed by atoms with van der Waals surface area (Å²) in [6.45, 7) is 9.40. The van der Waals surface area contributed by atoms with Gasteiger partial charge in [-0.3, -0.25) is 9.59 Å². The summed E-state index contributed by atoms with van der Waals surface area (Å²) >= 11 is 0. The summed E-state index contributed by atoms with van der Waals surface area (Å²) in [5.74, 6) is 0.444. The van der Waals surface area contributed by atoms with E-state index in [0.717, 1.165) is 33.8 Å². The van der Waals surface area contributed by atoms with E-state index in [4.69, 9.17) is 9.47 Å². The molecule has 0 bridgehead atoms. The van der Waals surface area contributed by atoms with Crippen LogP contribution in [0.2, 0.25) is 0 Å². The molecule has 0 spiro atoms. The second-order valence-electron chi connectivity index (χ2n) is 10.7. The van der Waals surface area contributed by atoms with Crippen molar-refractivity contribution in [2.75, 3.05) is 26.8 Å². The van der Waals surface area contributed by atoms with Gasteiger partial charge in [-0.15, -0.1) is 0 Å². The molecule has 8 heteroatoms. The molecule has 1 aromatic heterocycles. The van der Waals surface area contributed by atoms with Crippen LogP contribution in [0.25, 0.3) is 0 Å². The van der Waals surface area contributed by atoms with Gasteiger partial charge < -0.3 is 24.7 Å². The fourth-order valence-corrected chi connectivity index (χ4v) is 5.07. The molecule has 2 N–H and O–H groups in total. The first-order valence-electron chi connectivity index (χ1n) is 13.7. The van der Waals surface area contributed by atoms with Crippen molar-refractivity contribution in [2.24, 2.45) is 0 Å². The van der Waals surface area contributed by atoms with Crippen molar-refractivity contribution in [3.63, 3.8) is 0 Å². The minimum absolute atomic E-state index is 0.116. The predicted molar refractivity (Wildman–Crippen MR) is 155 cm³/mol. The molecule has 8 nitrogen and oxygen atoms in total. The number of carbonyl (C=O) groups excluding carboxylic acids is 2. The van der Waals surface area contributed by atoms with Gasteiger partial charge in [0.1, 0.15) is 17.4 Å². The Morgan fingerprint density at radius 3 is 2.48 bits per heavy atom. The number of nitrogens with one attached hydrogen (secondary N) is 2. The lowest BCUT2D eigenvalue weighted by atomic mass is 9.82. The summed E-state index contributed by atoms with van der Waals surface area (Å²) in [6, 6.07) is 15.0. The van der Waals surface area contributed by atoms with E-state index < -0.39 is 11.6 Å². The molecule has 1 aliphatic heterocycles. The minimum atomic E-state index is -0.700. The molecular weight excluding hydrogens is 504 g/mol. The lowest BCUT2D eigenvalue weighted by Gasteiger charge is -2.51. The number of hydrogen-bond donors (Lipinski definition) is 2. The molecule has 0 saturated carbocycles. The second kappa shape index (κ2) is 13.0. The van der Waals surface area contributed by atoms with Gasteiger partial charge in [-0.1, -0.05) is 48.0 Å². The molecule has 1 aliphatic rings. The number of carbonyl (C=O) groups is 2. The normalized spacial score (nSPS) is 14.7. The van der Waals surface area contributed by atoms with E-state index in [0.29, 0.717) is 32.5 Å². The van der Waals surface area contributed by atoms with Gasteiger partial charge in [0, 0.05) is 25.0 Å². The number of nitrogens with zero attached hydrogens (tertiary/aromatic N) is 2. The Balaban J connectivity index is 1.50. The second-order valence-corrected chi connectivity index (χ2v) is 10.7. The molecule has 3 aromatic rings. The fourth-order valence-electron chi connectivity index (χ4n) is 5.07. The Hall–Kier alpha value is -3.91. The van der Waals surface area contributed by atoms with Gasteiger partial charge in [-0.25, -0.2) is 4.98 Å². The third-order valence-corrected chi connectivity index (χ3v) is 7.45. The topological polar surface area (TPSA) is 96.5 Å². The van der Waals surface area contributed by atoms with Gasteiger partial charge in [0.05, 0.1) is 38.8 Å². The monoisotopic (exact) mass is 544 g/mol. The van der Waals surface area contributed by atoms with Crippen LogP contribution in [0.5, 0.6) is 5.75 Å². The maximum absolute atomic E-state index is 13.9. The molecular formula is C32H40N4O4. The first-order chi connectivity index (χ1) is 19.2. The fraction of sp³-hybridized carbons (Fsp3) is 0.406. The number of aromatic amines is 1. The van der Waals surface area contributed by atoms with E-state index in [2.05, 4.69) is 40.4 Å². The number of aryl methyl sites for hydroxylation is 3. The highest BCUT2D eigenvalue weighted by Crippen LogP contribution is 2.38. The standard InChI is InChI=1S/C32H40N4O4/c1-22(2)16-17-40-32(27-9-7-6-8-23(27)3)19-36(20-32)31(38)29(18-25-10-12-26(39-5)13-11-25)35-30(37)15-14-28-24(4)33-21-34-28/h6-13,16,21,29H,14-15,17-20H2,1-5H3,(H,33,34)(H,35,37)/t29-/m1/s1. The highest BCUT2D eigenvalue weighted by atomic mass is 16.5. The SMILES string of the molecule is COc1ccc(C[C@@H](NC(=O)CCc2nc[nH]c2C)C(=O)N2CC(OCC=C(C)C)(c3ccccc3C)C2)cc1. The predicted octanol–water partition coefficient (Wildman–Crippen LogP) is 4.42. The first-order valence-corrected chi connectivity index (χ1v) is 13.7. The van der Waals surface area contributed by atoms with Crippen molar-refractivity contribution >= 4 is 11.8 Å². The van der Waals surface area contributed by atoms with Gasteiger partial charge in [0.2, 0.25) is 11.8 Å². The molecule has 1 atom stereocenters. The molecule has 0 radical (unpaired) electrons. The van der Waals surface area contributed by atoms with E-state index in [9.17, 15) is 9.59 Å². The summed E-state index contributed by atoms with van der Waals surface area (Å²) in [7, 11) is 1.62. The van der Waals surface area contributed by atoms with Gasteiger partial charge in [0.25, 0.3) is 0 Å². The van der Waals surface area contributed by atoms with Crippen LogP contribution in [-0.2, 0) is 32.8 Å². The quantitative estimate of drug-likeness (QED) is 0.329. The zero-order valence-corrected chi connectivity index (χ0v) is 24.1. The van der Waals surface area contributed by atoms with Crippen molar-refractivity contribution < 1.29 is 19.1 Å². The summed E-state index contributed by atoms with van der Waals surface area (Å²) < 4.78 is 11.7. The summed E-state index contributed by atoms with van der Waals surface area (Å²) in [5, 5.41) is 3.01. The summed E-state index contributed by atoms with van der Waals surface area (Å²) in [4.78, 5) is 36.0. The van der Waals surface area contributed by atoms with Crippen LogP contribution in [0.15, 0.2) is 66.5 Å². The number of methoxy groups -OCH3 is 1. The first kappa shape index (κ1) is 29.1. The zero-order valence-electron chi connectivity index (χ0n) is 24.1. The van der Waals surface area contributed by atoms with Crippen LogP contribution >= 0.6 is 0 Å². The third-order valence-electron chi connectivity index (χ3n) is 7.45. The number of likely N-dealkylation sites (tertiary alicyclic amines) is 1. The van der Waals surface area contributed by atoms with Crippen molar-refractivity contribution in [2.45, 2.75) is 58.6 Å². The average molecular weight is 545 g/mol. The van der Waals surface area contributed by atoms with Crippen LogP contribution in [-0.4, -0.2) is 59.5 Å². The highest BCUT2D eigenvalue weighted by Gasteiger charge is 2.49. The highest BCUT2D eigenvalue weighted by molar-refractivity contribution is 5.88. The zero-order chi connectivity index (χ0) is 28.7. The number of benzene rings is 2. The molecule has 212 valence electrons. The van der Waals surface area contributed by atoms with Gasteiger partial charge in [0.15, 0.2) is 0 Å². The molecule has 4 rings (SSSR count). The van der Waals surface area contributed by atoms with E-state index in [1.807, 2.05) is 57.2 Å². The van der Waals surface area contributed by atoms with Crippen LogP contribution in [0.1, 0.15) is 48.3 Å². The lowest BCUT2D eigenvalue weighted by Crippen LogP contribution is -2.66. The summed E-state index contributed by atoms with van der Waals surface area (Å²) in [6.07, 6.45) is 4.81. The average Bonchev–Trinajstić information content (AvgIpc) is 3.33. The number of allylic oxidation sites excluding steroid dienone is 1. The number of amides is 2. The molecule has 2 heterocycles. The van der Waals surface area contributed by atoms with E-state index in [-0.39, 0.29) is 18.2 Å². The minimum Gasteiger partial charge on any atom is -0.497 e. The Labute approximate surface area is 236 Å². The molecule has 2 amide bonds. The molecule has 1 fully saturated rings. The number of imidazole rings is 1. The van der Waals surface area contributed by atoms with Gasteiger partial charge in [-0.2, -0.15) is 0 Å². The van der Waals surface area contributed by atoms with Gasteiger partial charge >= 0.3 is 0 Å². The Kier molecular flexibility index (Phi) is 9.42. The number of ether oxygens (including phenoxy) is 2.